The van der Waals surface area contributed by atoms with Gasteiger partial charge in [-0.15, -0.1) is 11.3 Å². The van der Waals surface area contributed by atoms with Crippen LogP contribution in [0.1, 0.15) is 35.8 Å². The average Bonchev–Trinajstić information content (AvgIpc) is 3.46. The standard InChI is InChI=1S/C23H27N3O2S2/c1-2-16-7-8-21-17(11-16)12-18(22(27)25-21)14-26(15-20-6-4-10-30-20)23(29)24-13-19-5-3-9-28-19/h4,6-8,10-12,19H,2-3,5,9,13-15H2,1H3,(H,24,29)(H,25,27). The molecule has 1 atom stereocenters. The van der Waals surface area contributed by atoms with Gasteiger partial charge in [-0.3, -0.25) is 4.79 Å². The highest BCUT2D eigenvalue weighted by atomic mass is 32.1. The van der Waals surface area contributed by atoms with Crippen LogP contribution in [0.3, 0.4) is 0 Å². The van der Waals surface area contributed by atoms with Crippen LogP contribution in [0.5, 0.6) is 0 Å². The number of rotatable bonds is 7. The van der Waals surface area contributed by atoms with Crippen LogP contribution in [-0.2, 0) is 24.2 Å². The van der Waals surface area contributed by atoms with Crippen molar-refractivity contribution in [2.45, 2.75) is 45.4 Å². The van der Waals surface area contributed by atoms with E-state index in [1.807, 2.05) is 18.2 Å². The number of hydrogen-bond acceptors (Lipinski definition) is 4. The number of aryl methyl sites for hydroxylation is 1. The second kappa shape index (κ2) is 9.73. The van der Waals surface area contributed by atoms with Gasteiger partial charge in [-0.2, -0.15) is 0 Å². The Morgan fingerprint density at radius 2 is 2.23 bits per heavy atom. The summed E-state index contributed by atoms with van der Waals surface area (Å²) < 4.78 is 5.70. The van der Waals surface area contributed by atoms with E-state index in [2.05, 4.69) is 45.7 Å². The molecular formula is C23H27N3O2S2. The molecule has 1 fully saturated rings. The van der Waals surface area contributed by atoms with Gasteiger partial charge in [-0.25, -0.2) is 0 Å². The van der Waals surface area contributed by atoms with Gasteiger partial charge in [0.25, 0.3) is 5.56 Å². The van der Waals surface area contributed by atoms with Crippen LogP contribution in [0, 0.1) is 0 Å². The molecule has 4 rings (SSSR count). The molecule has 1 aliphatic heterocycles. The lowest BCUT2D eigenvalue weighted by molar-refractivity contribution is 0.113. The first-order valence-corrected chi connectivity index (χ1v) is 11.7. The molecule has 7 heteroatoms. The van der Waals surface area contributed by atoms with Gasteiger partial charge in [0.15, 0.2) is 5.11 Å². The van der Waals surface area contributed by atoms with Crippen molar-refractivity contribution >= 4 is 39.6 Å². The fourth-order valence-corrected chi connectivity index (χ4v) is 4.68. The molecule has 2 aromatic heterocycles. The van der Waals surface area contributed by atoms with Gasteiger partial charge in [-0.1, -0.05) is 19.1 Å². The molecule has 0 saturated carbocycles. The number of aromatic amines is 1. The quantitative estimate of drug-likeness (QED) is 0.538. The number of nitrogens with zero attached hydrogens (tertiary/aromatic N) is 1. The minimum atomic E-state index is -0.0649. The Morgan fingerprint density at radius 1 is 1.33 bits per heavy atom. The highest BCUT2D eigenvalue weighted by molar-refractivity contribution is 7.80. The summed E-state index contributed by atoms with van der Waals surface area (Å²) in [6.45, 7) is 4.78. The molecule has 1 unspecified atom stereocenters. The van der Waals surface area contributed by atoms with Crippen molar-refractivity contribution in [1.82, 2.24) is 15.2 Å². The third-order valence-electron chi connectivity index (χ3n) is 5.47. The Balaban J connectivity index is 1.56. The van der Waals surface area contributed by atoms with E-state index in [9.17, 15) is 4.79 Å². The summed E-state index contributed by atoms with van der Waals surface area (Å²) in [5.41, 5.74) is 2.77. The lowest BCUT2D eigenvalue weighted by atomic mass is 10.1. The summed E-state index contributed by atoms with van der Waals surface area (Å²) in [6.07, 6.45) is 3.34. The van der Waals surface area contributed by atoms with E-state index in [0.717, 1.165) is 36.8 Å². The molecule has 30 heavy (non-hydrogen) atoms. The zero-order valence-electron chi connectivity index (χ0n) is 17.1. The minimum Gasteiger partial charge on any atom is -0.376 e. The number of thiocarbonyl (C=S) groups is 1. The van der Waals surface area contributed by atoms with Crippen molar-refractivity contribution in [1.29, 1.82) is 0 Å². The van der Waals surface area contributed by atoms with Crippen molar-refractivity contribution in [2.24, 2.45) is 0 Å². The highest BCUT2D eigenvalue weighted by Crippen LogP contribution is 2.18. The largest absolute Gasteiger partial charge is 0.376 e. The maximum atomic E-state index is 12.8. The summed E-state index contributed by atoms with van der Waals surface area (Å²) in [7, 11) is 0. The first-order chi connectivity index (χ1) is 14.6. The summed E-state index contributed by atoms with van der Waals surface area (Å²) in [5, 5.41) is 7.13. The average molecular weight is 442 g/mol. The summed E-state index contributed by atoms with van der Waals surface area (Å²) in [4.78, 5) is 19.1. The van der Waals surface area contributed by atoms with Gasteiger partial charge in [-0.05, 0) is 72.1 Å². The molecule has 0 bridgehead atoms. The van der Waals surface area contributed by atoms with Crippen LogP contribution < -0.4 is 10.9 Å². The van der Waals surface area contributed by atoms with E-state index in [0.29, 0.717) is 30.3 Å². The maximum Gasteiger partial charge on any atom is 0.253 e. The predicted molar refractivity (Wildman–Crippen MR) is 127 cm³/mol. The highest BCUT2D eigenvalue weighted by Gasteiger charge is 2.19. The van der Waals surface area contributed by atoms with Crippen LogP contribution in [0.15, 0.2) is 46.6 Å². The zero-order chi connectivity index (χ0) is 20.9. The van der Waals surface area contributed by atoms with Gasteiger partial charge < -0.3 is 19.9 Å². The van der Waals surface area contributed by atoms with Crippen LogP contribution in [0.4, 0.5) is 0 Å². The van der Waals surface area contributed by atoms with E-state index in [1.54, 1.807) is 11.3 Å². The molecule has 0 aliphatic carbocycles. The Hall–Kier alpha value is -2.22. The van der Waals surface area contributed by atoms with Crippen LogP contribution in [0.2, 0.25) is 0 Å². The van der Waals surface area contributed by atoms with Crippen molar-refractivity contribution in [3.8, 4) is 0 Å². The number of fused-ring (bicyclic) bond motifs is 1. The topological polar surface area (TPSA) is 57.4 Å². The molecule has 2 N–H and O–H groups in total. The molecule has 1 aromatic carbocycles. The number of nitrogens with one attached hydrogen (secondary N) is 2. The Bertz CT molecular complexity index is 1060. The van der Waals surface area contributed by atoms with Gasteiger partial charge in [0.05, 0.1) is 19.2 Å². The van der Waals surface area contributed by atoms with E-state index >= 15 is 0 Å². The molecule has 158 valence electrons. The summed E-state index contributed by atoms with van der Waals surface area (Å²) in [5.74, 6) is 0. The third-order valence-corrected chi connectivity index (χ3v) is 6.74. The second-order valence-electron chi connectivity index (χ2n) is 7.66. The van der Waals surface area contributed by atoms with E-state index in [1.165, 1.54) is 10.4 Å². The minimum absolute atomic E-state index is 0.0649. The zero-order valence-corrected chi connectivity index (χ0v) is 18.8. The Morgan fingerprint density at radius 3 is 2.97 bits per heavy atom. The first kappa shape index (κ1) is 21.0. The molecule has 1 saturated heterocycles. The summed E-state index contributed by atoms with van der Waals surface area (Å²) >= 11 is 7.41. The molecular weight excluding hydrogens is 414 g/mol. The van der Waals surface area contributed by atoms with Crippen LogP contribution in [-0.4, -0.2) is 34.3 Å². The van der Waals surface area contributed by atoms with Gasteiger partial charge in [0.1, 0.15) is 0 Å². The van der Waals surface area contributed by atoms with Crippen LogP contribution in [0.25, 0.3) is 10.9 Å². The van der Waals surface area contributed by atoms with E-state index < -0.39 is 0 Å². The van der Waals surface area contributed by atoms with Gasteiger partial charge in [0.2, 0.25) is 0 Å². The first-order valence-electron chi connectivity index (χ1n) is 10.4. The van der Waals surface area contributed by atoms with Gasteiger partial charge in [0, 0.05) is 29.1 Å². The third kappa shape index (κ3) is 5.09. The van der Waals surface area contributed by atoms with Crippen molar-refractivity contribution in [3.63, 3.8) is 0 Å². The number of hydrogen-bond donors (Lipinski definition) is 2. The fourth-order valence-electron chi connectivity index (χ4n) is 3.75. The second-order valence-corrected chi connectivity index (χ2v) is 9.07. The monoisotopic (exact) mass is 441 g/mol. The lowest BCUT2D eigenvalue weighted by Gasteiger charge is -2.26. The molecule has 3 aromatic rings. The molecule has 5 nitrogen and oxygen atoms in total. The Labute approximate surface area is 186 Å². The number of ether oxygens (including phenoxy) is 1. The number of pyridine rings is 1. The van der Waals surface area contributed by atoms with Gasteiger partial charge >= 0.3 is 0 Å². The SMILES string of the molecule is CCc1ccc2[nH]c(=O)c(CN(Cc3cccs3)C(=S)NCC3CCCO3)cc2c1. The maximum absolute atomic E-state index is 12.8. The van der Waals surface area contributed by atoms with Crippen molar-refractivity contribution in [3.05, 3.63) is 68.1 Å². The predicted octanol–water partition coefficient (Wildman–Crippen LogP) is 4.21. The number of H-pyrrole nitrogens is 1. The molecule has 1 aliphatic rings. The normalized spacial score (nSPS) is 16.1. The molecule has 0 radical (unpaired) electrons. The number of benzene rings is 1. The van der Waals surface area contributed by atoms with Crippen molar-refractivity contribution in [2.75, 3.05) is 13.2 Å². The number of aromatic nitrogens is 1. The van der Waals surface area contributed by atoms with Crippen molar-refractivity contribution < 1.29 is 4.74 Å². The van der Waals surface area contributed by atoms with Crippen LogP contribution >= 0.6 is 23.6 Å². The molecule has 0 amide bonds. The lowest BCUT2D eigenvalue weighted by Crippen LogP contribution is -2.42. The summed E-state index contributed by atoms with van der Waals surface area (Å²) in [6, 6.07) is 12.3. The van der Waals surface area contributed by atoms with E-state index in [-0.39, 0.29) is 11.7 Å². The fraction of sp³-hybridized carbons (Fsp3) is 0.391. The molecule has 0 spiro atoms. The molecule has 3 heterocycles. The number of thiophene rings is 1. The van der Waals surface area contributed by atoms with E-state index in [4.69, 9.17) is 17.0 Å². The smallest absolute Gasteiger partial charge is 0.253 e. The Kier molecular flexibility index (Phi) is 6.82.